The van der Waals surface area contributed by atoms with Crippen molar-refractivity contribution in [3.05, 3.63) is 6.42 Å². The summed E-state index contributed by atoms with van der Waals surface area (Å²) >= 11 is 0. The van der Waals surface area contributed by atoms with Gasteiger partial charge >= 0.3 is 0 Å². The van der Waals surface area contributed by atoms with Gasteiger partial charge in [-0.15, -0.1) is 0 Å². The molecule has 1 aliphatic heterocycles. The Bertz CT molecular complexity index is 153. The fourth-order valence-corrected chi connectivity index (χ4v) is 1.71. The number of hydrogen-bond donors (Lipinski definition) is 0. The Balaban J connectivity index is -0.000000180. The van der Waals surface area contributed by atoms with Crippen LogP contribution in [0.4, 0.5) is 0 Å². The van der Waals surface area contributed by atoms with Crippen molar-refractivity contribution in [1.82, 2.24) is 0 Å². The summed E-state index contributed by atoms with van der Waals surface area (Å²) in [7, 11) is 1.69. The summed E-state index contributed by atoms with van der Waals surface area (Å²) in [5, 5.41) is 0. The molecule has 90 valence electrons. The van der Waals surface area contributed by atoms with Crippen LogP contribution < -0.4 is 0 Å². The summed E-state index contributed by atoms with van der Waals surface area (Å²) in [6.45, 7) is 6.62. The molecule has 1 saturated heterocycles. The minimum Gasteiger partial charge on any atom is -0.387 e. The summed E-state index contributed by atoms with van der Waals surface area (Å²) in [5.41, 5.74) is 0. The van der Waals surface area contributed by atoms with Gasteiger partial charge in [-0.3, -0.25) is 6.42 Å². The molecular weight excluding hydrogens is 698 g/mol. The number of rotatable bonds is 2. The molecule has 1 fully saturated rings. The van der Waals surface area contributed by atoms with Gasteiger partial charge in [0.05, 0.1) is 6.10 Å². The van der Waals surface area contributed by atoms with Gasteiger partial charge in [0.1, 0.15) is 0 Å². The third-order valence-corrected chi connectivity index (χ3v) is 2.82. The molecule has 0 aromatic rings. The van der Waals surface area contributed by atoms with E-state index in [1.54, 1.807) is 7.11 Å². The van der Waals surface area contributed by atoms with Crippen LogP contribution >= 0.6 is 0 Å². The molecule has 1 aliphatic rings. The summed E-state index contributed by atoms with van der Waals surface area (Å²) in [4.78, 5) is 0. The minimum atomic E-state index is -0.0962. The Hall–Kier alpha value is 3.50. The number of ether oxygens (including phenoxy) is 2. The predicted octanol–water partition coefficient (Wildman–Crippen LogP) is 2.23. The van der Waals surface area contributed by atoms with Crippen LogP contribution in [0.2, 0.25) is 0 Å². The zero-order valence-corrected chi connectivity index (χ0v) is 21.9. The maximum absolute atomic E-state index is 5.69. The first-order valence-electron chi connectivity index (χ1n) is 4.72. The van der Waals surface area contributed by atoms with Crippen LogP contribution in [-0.2, 0) is 117 Å². The molecule has 0 saturated carbocycles. The average molecular weight is 717 g/mol. The van der Waals surface area contributed by atoms with Crippen LogP contribution in [0.1, 0.15) is 27.2 Å². The summed E-state index contributed by atoms with van der Waals surface area (Å²) in [6.07, 6.45) is 3.46. The maximum Gasteiger partial charge on any atom is 0.0574 e. The van der Waals surface area contributed by atoms with Crippen molar-refractivity contribution in [1.29, 1.82) is 0 Å². The van der Waals surface area contributed by atoms with Gasteiger partial charge in [0.2, 0.25) is 0 Å². The first-order valence-corrected chi connectivity index (χ1v) is 4.72. The second-order valence-corrected chi connectivity index (χ2v) is 3.60. The molecule has 2 radical (unpaired) electrons. The zero-order valence-electron chi connectivity index (χ0n) is 10.4. The zero-order chi connectivity index (χ0) is 9.14. The largest absolute Gasteiger partial charge is 0.387 e. The van der Waals surface area contributed by atoms with E-state index in [2.05, 4.69) is 27.2 Å². The molecule has 4 atom stereocenters. The second kappa shape index (κ2) is 14.9. The third kappa shape index (κ3) is 8.63. The standard InChI is InChI=1S/C10H19O2.2W.2Y/c1-5-9-8(3)7(2)6-10(11-4)12-9;;;;/h6-10H,5H2,1-4H3;;;;/q-1;;;;/t7-,8-,9?,10-;;;;/m1..../s1. The fraction of sp³-hybridized carbons (Fsp3) is 0.900. The molecule has 1 rings (SSSR count). The van der Waals surface area contributed by atoms with Gasteiger partial charge in [-0.25, -0.2) is 0 Å². The van der Waals surface area contributed by atoms with E-state index < -0.39 is 0 Å². The molecule has 2 nitrogen and oxygen atoms in total. The van der Waals surface area contributed by atoms with Crippen LogP contribution in [0.5, 0.6) is 0 Å². The van der Waals surface area contributed by atoms with Crippen LogP contribution in [0, 0.1) is 18.3 Å². The Labute approximate surface area is 179 Å². The number of methoxy groups -OCH3 is 1. The Morgan fingerprint density at radius 1 is 1.19 bits per heavy atom. The quantitative estimate of drug-likeness (QED) is 0.409. The minimum absolute atomic E-state index is 0. The summed E-state index contributed by atoms with van der Waals surface area (Å²) < 4.78 is 10.9. The van der Waals surface area contributed by atoms with Gasteiger partial charge < -0.3 is 9.47 Å². The van der Waals surface area contributed by atoms with Gasteiger partial charge in [-0.1, -0.05) is 20.8 Å². The van der Waals surface area contributed by atoms with Crippen molar-refractivity contribution < 1.29 is 117 Å². The van der Waals surface area contributed by atoms with Crippen molar-refractivity contribution >= 4 is 0 Å². The van der Waals surface area contributed by atoms with Crippen molar-refractivity contribution in [3.8, 4) is 0 Å². The van der Waals surface area contributed by atoms with Crippen molar-refractivity contribution in [2.24, 2.45) is 11.8 Å². The van der Waals surface area contributed by atoms with E-state index in [0.29, 0.717) is 17.9 Å². The van der Waals surface area contributed by atoms with Crippen molar-refractivity contribution in [2.75, 3.05) is 7.11 Å². The molecule has 1 unspecified atom stereocenters. The van der Waals surface area contributed by atoms with E-state index in [-0.39, 0.29) is 114 Å². The van der Waals surface area contributed by atoms with E-state index >= 15 is 0 Å². The first kappa shape index (κ1) is 27.8. The first-order chi connectivity index (χ1) is 5.69. The Kier molecular flexibility index (Phi) is 25.9. The SMILES string of the molecule is CCC1O[C@@H](OC)[CH-][C@@H](C)[C@H]1C.[W].[W].[Y].[Y]. The molecule has 0 N–H and O–H groups in total. The molecular formula is C10H19O2W2Y2-. The van der Waals surface area contributed by atoms with Gasteiger partial charge in [-0.05, 0) is 12.3 Å². The molecule has 0 aromatic heterocycles. The summed E-state index contributed by atoms with van der Waals surface area (Å²) in [6, 6.07) is 0. The van der Waals surface area contributed by atoms with Crippen LogP contribution in [0.25, 0.3) is 0 Å². The van der Waals surface area contributed by atoms with Crippen LogP contribution in [0.3, 0.4) is 0 Å². The smallest absolute Gasteiger partial charge is 0.0574 e. The van der Waals surface area contributed by atoms with E-state index in [4.69, 9.17) is 9.47 Å². The van der Waals surface area contributed by atoms with E-state index in [1.165, 1.54) is 0 Å². The van der Waals surface area contributed by atoms with Crippen molar-refractivity contribution in [3.63, 3.8) is 0 Å². The molecule has 1 heterocycles. The maximum atomic E-state index is 5.69. The monoisotopic (exact) mass is 717 g/mol. The van der Waals surface area contributed by atoms with E-state index in [1.807, 2.05) is 0 Å². The molecule has 0 aliphatic carbocycles. The third-order valence-electron chi connectivity index (χ3n) is 2.82. The predicted molar refractivity (Wildman–Crippen MR) is 48.6 cm³/mol. The molecule has 0 spiro atoms. The topological polar surface area (TPSA) is 18.5 Å². The van der Waals surface area contributed by atoms with E-state index in [9.17, 15) is 0 Å². The average Bonchev–Trinajstić information content (AvgIpc) is 2.09. The van der Waals surface area contributed by atoms with Gasteiger partial charge in [0.15, 0.2) is 0 Å². The van der Waals surface area contributed by atoms with Gasteiger partial charge in [-0.2, -0.15) is 5.92 Å². The molecule has 0 bridgehead atoms. The molecule has 16 heavy (non-hydrogen) atoms. The second-order valence-electron chi connectivity index (χ2n) is 3.60. The van der Waals surface area contributed by atoms with Crippen LogP contribution in [0.15, 0.2) is 0 Å². The van der Waals surface area contributed by atoms with E-state index in [0.717, 1.165) is 6.42 Å². The molecule has 0 amide bonds. The van der Waals surface area contributed by atoms with Gasteiger partial charge in [0.25, 0.3) is 0 Å². The summed E-state index contributed by atoms with van der Waals surface area (Å²) in [5.74, 6) is 1.20. The Morgan fingerprint density at radius 3 is 2.06 bits per heavy atom. The van der Waals surface area contributed by atoms with Crippen LogP contribution in [-0.4, -0.2) is 19.5 Å². The molecule has 0 aromatic carbocycles. The number of hydrogen-bond acceptors (Lipinski definition) is 2. The Morgan fingerprint density at radius 2 is 1.69 bits per heavy atom. The molecule has 6 heteroatoms. The van der Waals surface area contributed by atoms with Gasteiger partial charge in [0, 0.05) is 121 Å². The van der Waals surface area contributed by atoms with Crippen molar-refractivity contribution in [2.45, 2.75) is 39.6 Å². The normalized spacial score (nSPS) is 32.2. The fourth-order valence-electron chi connectivity index (χ4n) is 1.71.